The van der Waals surface area contributed by atoms with Gasteiger partial charge in [-0.25, -0.2) is 20.2 Å². The zero-order valence-electron chi connectivity index (χ0n) is 18.6. The molecule has 0 radical (unpaired) electrons. The minimum Gasteiger partial charge on any atom is -0.493 e. The molecule has 8 heteroatoms. The molecule has 2 saturated carbocycles. The Hall–Kier alpha value is -3.13. The van der Waals surface area contributed by atoms with Gasteiger partial charge in [-0.1, -0.05) is 6.07 Å². The molecule has 2 heterocycles. The Bertz CT molecular complexity index is 1020. The lowest BCUT2D eigenvalue weighted by atomic mass is 10.1. The van der Waals surface area contributed by atoms with Gasteiger partial charge in [0.2, 0.25) is 0 Å². The van der Waals surface area contributed by atoms with Crippen molar-refractivity contribution in [3.05, 3.63) is 59.3 Å². The van der Waals surface area contributed by atoms with Crippen molar-refractivity contribution in [2.24, 2.45) is 5.92 Å². The molecule has 0 atom stereocenters. The van der Waals surface area contributed by atoms with Crippen LogP contribution in [0.15, 0.2) is 47.9 Å². The molecule has 2 amide bonds. The van der Waals surface area contributed by atoms with Crippen molar-refractivity contribution in [2.45, 2.75) is 51.6 Å². The SMILES string of the molecule is CC(C)(NNc1cccc(OCC2CC2)c1)c1ncc(CN2CC(=C3CC3)NC2=O)cn1. The van der Waals surface area contributed by atoms with E-state index < -0.39 is 5.54 Å². The van der Waals surface area contributed by atoms with Gasteiger partial charge in [-0.15, -0.1) is 0 Å². The second kappa shape index (κ2) is 8.43. The van der Waals surface area contributed by atoms with E-state index in [-0.39, 0.29) is 6.03 Å². The van der Waals surface area contributed by atoms with Crippen molar-refractivity contribution >= 4 is 11.7 Å². The summed E-state index contributed by atoms with van der Waals surface area (Å²) in [5, 5.41) is 2.97. The topological polar surface area (TPSA) is 91.4 Å². The van der Waals surface area contributed by atoms with Gasteiger partial charge in [-0.2, -0.15) is 0 Å². The number of urea groups is 1. The molecule has 1 aliphatic heterocycles. The number of carbonyl (C=O) groups excluding carboxylic acids is 1. The molecule has 1 saturated heterocycles. The number of anilines is 1. The van der Waals surface area contributed by atoms with Crippen LogP contribution in [0.1, 0.15) is 50.9 Å². The number of allylic oxidation sites excluding steroid dienone is 1. The third kappa shape index (κ3) is 5.02. The van der Waals surface area contributed by atoms with Crippen molar-refractivity contribution in [2.75, 3.05) is 18.6 Å². The van der Waals surface area contributed by atoms with Gasteiger partial charge in [0.25, 0.3) is 0 Å². The third-order valence-corrected chi connectivity index (χ3v) is 5.99. The van der Waals surface area contributed by atoms with Crippen LogP contribution in [0.25, 0.3) is 0 Å². The number of nitrogens with zero attached hydrogens (tertiary/aromatic N) is 3. The number of carbonyl (C=O) groups is 1. The van der Waals surface area contributed by atoms with Gasteiger partial charge in [0.15, 0.2) is 0 Å². The van der Waals surface area contributed by atoms with E-state index in [0.29, 0.717) is 18.9 Å². The highest BCUT2D eigenvalue weighted by molar-refractivity contribution is 5.80. The van der Waals surface area contributed by atoms with Crippen molar-refractivity contribution in [1.29, 1.82) is 0 Å². The Morgan fingerprint density at radius 3 is 2.72 bits per heavy atom. The van der Waals surface area contributed by atoms with E-state index >= 15 is 0 Å². The number of aromatic nitrogens is 2. The fraction of sp³-hybridized carbons (Fsp3) is 0.458. The first-order chi connectivity index (χ1) is 15.5. The molecule has 2 aromatic rings. The first-order valence-electron chi connectivity index (χ1n) is 11.3. The molecule has 3 N–H and O–H groups in total. The Morgan fingerprint density at radius 2 is 2.00 bits per heavy atom. The number of ether oxygens (including phenoxy) is 1. The molecule has 1 aromatic heterocycles. The summed E-state index contributed by atoms with van der Waals surface area (Å²) in [5.41, 5.74) is 10.3. The number of benzene rings is 1. The third-order valence-electron chi connectivity index (χ3n) is 5.99. The van der Waals surface area contributed by atoms with Gasteiger partial charge in [-0.3, -0.25) is 0 Å². The summed E-state index contributed by atoms with van der Waals surface area (Å²) in [6, 6.07) is 7.89. The molecule has 3 fully saturated rings. The fourth-order valence-corrected chi connectivity index (χ4v) is 3.63. The van der Waals surface area contributed by atoms with Gasteiger partial charge in [-0.05, 0) is 63.2 Å². The smallest absolute Gasteiger partial charge is 0.322 e. The summed E-state index contributed by atoms with van der Waals surface area (Å²) < 4.78 is 5.86. The molecular weight excluding hydrogens is 404 g/mol. The van der Waals surface area contributed by atoms with Crippen LogP contribution < -0.4 is 20.9 Å². The van der Waals surface area contributed by atoms with E-state index in [1.54, 1.807) is 17.3 Å². The molecule has 5 rings (SSSR count). The first-order valence-corrected chi connectivity index (χ1v) is 11.3. The quantitative estimate of drug-likeness (QED) is 0.522. The van der Waals surface area contributed by atoms with E-state index in [4.69, 9.17) is 4.74 Å². The molecular formula is C24H30N6O2. The molecule has 3 aliphatic rings. The molecule has 0 spiro atoms. The summed E-state index contributed by atoms with van der Waals surface area (Å²) in [4.78, 5) is 23.1. The maximum atomic E-state index is 12.2. The second-order valence-electron chi connectivity index (χ2n) is 9.44. The normalized spacial score (nSPS) is 18.1. The van der Waals surface area contributed by atoms with Crippen LogP contribution in [0.3, 0.4) is 0 Å². The van der Waals surface area contributed by atoms with E-state index in [1.807, 2.05) is 38.1 Å². The summed E-state index contributed by atoms with van der Waals surface area (Å²) in [6.07, 6.45) is 8.36. The van der Waals surface area contributed by atoms with Crippen LogP contribution in [0.5, 0.6) is 5.75 Å². The average Bonchev–Trinajstić information content (AvgIpc) is 3.71. The van der Waals surface area contributed by atoms with Gasteiger partial charge in [0.05, 0.1) is 30.9 Å². The summed E-state index contributed by atoms with van der Waals surface area (Å²) in [7, 11) is 0. The highest BCUT2D eigenvalue weighted by Gasteiger charge is 2.30. The largest absolute Gasteiger partial charge is 0.493 e. The number of amides is 2. The minimum atomic E-state index is -0.502. The lowest BCUT2D eigenvalue weighted by Gasteiger charge is -2.26. The predicted octanol–water partition coefficient (Wildman–Crippen LogP) is 3.69. The van der Waals surface area contributed by atoms with E-state index in [9.17, 15) is 4.79 Å². The molecule has 32 heavy (non-hydrogen) atoms. The summed E-state index contributed by atoms with van der Waals surface area (Å²) in [6.45, 7) is 5.98. The van der Waals surface area contributed by atoms with Crippen molar-refractivity contribution in [3.8, 4) is 5.75 Å². The lowest BCUT2D eigenvalue weighted by Crippen LogP contribution is -2.42. The van der Waals surface area contributed by atoms with Gasteiger partial charge in [0, 0.05) is 29.7 Å². The molecule has 0 unspecified atom stereocenters. The lowest BCUT2D eigenvalue weighted by molar-refractivity contribution is 0.215. The van der Waals surface area contributed by atoms with Crippen LogP contribution in [0.4, 0.5) is 10.5 Å². The molecule has 2 aliphatic carbocycles. The molecule has 1 aromatic carbocycles. The Balaban J connectivity index is 1.16. The maximum absolute atomic E-state index is 12.2. The van der Waals surface area contributed by atoms with Gasteiger partial charge >= 0.3 is 6.03 Å². The molecule has 0 bridgehead atoms. The highest BCUT2D eigenvalue weighted by Crippen LogP contribution is 2.33. The van der Waals surface area contributed by atoms with Crippen molar-refractivity contribution < 1.29 is 9.53 Å². The number of hydrazine groups is 1. The van der Waals surface area contributed by atoms with Crippen LogP contribution in [0, 0.1) is 5.92 Å². The molecule has 168 valence electrons. The van der Waals surface area contributed by atoms with Gasteiger partial charge in [0.1, 0.15) is 11.6 Å². The summed E-state index contributed by atoms with van der Waals surface area (Å²) >= 11 is 0. The number of hydrogen-bond acceptors (Lipinski definition) is 6. The predicted molar refractivity (Wildman–Crippen MR) is 122 cm³/mol. The second-order valence-corrected chi connectivity index (χ2v) is 9.44. The Labute approximate surface area is 188 Å². The van der Waals surface area contributed by atoms with Gasteiger partial charge < -0.3 is 20.4 Å². The minimum absolute atomic E-state index is 0.0435. The maximum Gasteiger partial charge on any atom is 0.322 e. The van der Waals surface area contributed by atoms with Crippen LogP contribution in [0.2, 0.25) is 0 Å². The summed E-state index contributed by atoms with van der Waals surface area (Å²) in [5.74, 6) is 2.26. The Morgan fingerprint density at radius 1 is 1.22 bits per heavy atom. The van der Waals surface area contributed by atoms with Crippen molar-refractivity contribution in [3.63, 3.8) is 0 Å². The number of hydrogen-bond donors (Lipinski definition) is 3. The Kier molecular flexibility index (Phi) is 5.46. The highest BCUT2D eigenvalue weighted by atomic mass is 16.5. The van der Waals surface area contributed by atoms with E-state index in [1.165, 1.54) is 18.4 Å². The zero-order valence-corrected chi connectivity index (χ0v) is 18.6. The average molecular weight is 435 g/mol. The van der Waals surface area contributed by atoms with Crippen LogP contribution in [-0.4, -0.2) is 34.1 Å². The number of nitrogens with one attached hydrogen (secondary N) is 3. The zero-order chi connectivity index (χ0) is 22.1. The standard InChI is InChI=1S/C24H30N6O2/c1-24(2,29-28-19-4-3-5-20(10-19)32-15-16-6-7-16)22-25-11-17(12-26-22)13-30-14-21(18-8-9-18)27-23(30)31/h3-5,10-12,16,28-29H,6-9,13-15H2,1-2H3,(H,27,31). The van der Waals surface area contributed by atoms with Crippen LogP contribution >= 0.6 is 0 Å². The van der Waals surface area contributed by atoms with Crippen LogP contribution in [-0.2, 0) is 12.1 Å². The van der Waals surface area contributed by atoms with E-state index in [2.05, 4.69) is 26.1 Å². The monoisotopic (exact) mass is 434 g/mol. The fourth-order valence-electron chi connectivity index (χ4n) is 3.63. The first kappa shape index (κ1) is 20.8. The van der Waals surface area contributed by atoms with Crippen molar-refractivity contribution in [1.82, 2.24) is 25.6 Å². The van der Waals surface area contributed by atoms with E-state index in [0.717, 1.165) is 48.1 Å². The molecule has 8 nitrogen and oxygen atoms in total. The number of rotatable bonds is 9.